The number of hydrogen-bond acceptors (Lipinski definition) is 6. The van der Waals surface area contributed by atoms with Crippen molar-refractivity contribution in [1.29, 1.82) is 0 Å². The lowest BCUT2D eigenvalue weighted by atomic mass is 10.2. The van der Waals surface area contributed by atoms with Crippen LogP contribution in [0.25, 0.3) is 0 Å². The van der Waals surface area contributed by atoms with E-state index < -0.39 is 10.0 Å². The van der Waals surface area contributed by atoms with Crippen molar-refractivity contribution in [3.63, 3.8) is 0 Å². The van der Waals surface area contributed by atoms with Crippen molar-refractivity contribution in [2.75, 3.05) is 62.7 Å². The molecule has 1 saturated carbocycles. The number of nitrogens with zero attached hydrogens (tertiary/aromatic N) is 3. The SMILES string of the molecule is COc1ccc(N2CCN(CCNS(=O)(=O)c3cc(Br)cc4c3N(C(=O)C3CC3)CC4)CC2)cc1. The molecule has 1 aliphatic carbocycles. The molecule has 0 spiro atoms. The number of carbonyl (C=O) groups is 1. The van der Waals surface area contributed by atoms with E-state index >= 15 is 0 Å². The number of ether oxygens (including phenoxy) is 1. The normalized spacial score (nSPS) is 18.6. The molecule has 0 bridgehead atoms. The van der Waals surface area contributed by atoms with Gasteiger partial charge in [-0.15, -0.1) is 0 Å². The van der Waals surface area contributed by atoms with Crippen LogP contribution >= 0.6 is 15.9 Å². The molecule has 1 saturated heterocycles. The first-order valence-corrected chi connectivity index (χ1v) is 14.4. The van der Waals surface area contributed by atoms with Gasteiger partial charge >= 0.3 is 0 Å². The fourth-order valence-electron chi connectivity index (χ4n) is 4.88. The number of halogens is 1. The molecule has 0 radical (unpaired) electrons. The average Bonchev–Trinajstić information content (AvgIpc) is 3.63. The second-order valence-electron chi connectivity index (χ2n) is 9.35. The lowest BCUT2D eigenvalue weighted by Gasteiger charge is -2.36. The Morgan fingerprint density at radius 2 is 1.80 bits per heavy atom. The molecule has 5 rings (SSSR count). The Morgan fingerprint density at radius 3 is 2.46 bits per heavy atom. The second kappa shape index (κ2) is 10.1. The molecule has 3 aliphatic rings. The van der Waals surface area contributed by atoms with Crippen molar-refractivity contribution < 1.29 is 17.9 Å². The summed E-state index contributed by atoms with van der Waals surface area (Å²) in [6.07, 6.45) is 2.47. The van der Waals surface area contributed by atoms with Gasteiger partial charge in [0.05, 0.1) is 12.8 Å². The van der Waals surface area contributed by atoms with Crippen molar-refractivity contribution in [2.45, 2.75) is 24.2 Å². The highest BCUT2D eigenvalue weighted by molar-refractivity contribution is 9.10. The molecule has 8 nitrogen and oxygen atoms in total. The van der Waals surface area contributed by atoms with Crippen molar-refractivity contribution >= 4 is 43.2 Å². The molecule has 10 heteroatoms. The van der Waals surface area contributed by atoms with Gasteiger partial charge in [-0.05, 0) is 61.2 Å². The van der Waals surface area contributed by atoms with E-state index in [1.807, 2.05) is 18.2 Å². The van der Waals surface area contributed by atoms with Crippen molar-refractivity contribution in [3.05, 3.63) is 46.4 Å². The Bertz CT molecular complexity index is 1190. The predicted octanol–water partition coefficient (Wildman–Crippen LogP) is 2.86. The van der Waals surface area contributed by atoms with Crippen LogP contribution < -0.4 is 19.3 Å². The summed E-state index contributed by atoms with van der Waals surface area (Å²) in [5.74, 6) is 0.942. The van der Waals surface area contributed by atoms with Gasteiger partial charge in [0.1, 0.15) is 10.6 Å². The van der Waals surface area contributed by atoms with Crippen LogP contribution in [0.2, 0.25) is 0 Å². The molecule has 2 aliphatic heterocycles. The average molecular weight is 564 g/mol. The molecule has 2 heterocycles. The zero-order valence-electron chi connectivity index (χ0n) is 19.9. The third kappa shape index (κ3) is 5.35. The minimum absolute atomic E-state index is 0.0460. The van der Waals surface area contributed by atoms with Crippen LogP contribution in [0.15, 0.2) is 45.8 Å². The topological polar surface area (TPSA) is 82.2 Å². The van der Waals surface area contributed by atoms with Crippen LogP contribution in [-0.4, -0.2) is 72.1 Å². The molecule has 2 aromatic rings. The zero-order valence-corrected chi connectivity index (χ0v) is 22.3. The quantitative estimate of drug-likeness (QED) is 0.532. The van der Waals surface area contributed by atoms with E-state index in [2.05, 4.69) is 42.6 Å². The van der Waals surface area contributed by atoms with Crippen LogP contribution in [0.3, 0.4) is 0 Å². The summed E-state index contributed by atoms with van der Waals surface area (Å²) in [6, 6.07) is 11.6. The maximum Gasteiger partial charge on any atom is 0.242 e. The Morgan fingerprint density at radius 1 is 1.09 bits per heavy atom. The molecule has 188 valence electrons. The monoisotopic (exact) mass is 562 g/mol. The van der Waals surface area contributed by atoms with E-state index in [-0.39, 0.29) is 16.7 Å². The van der Waals surface area contributed by atoms with Crippen LogP contribution in [-0.2, 0) is 21.2 Å². The molecule has 35 heavy (non-hydrogen) atoms. The number of benzene rings is 2. The van der Waals surface area contributed by atoms with Crippen molar-refractivity contribution in [3.8, 4) is 5.75 Å². The van der Waals surface area contributed by atoms with E-state index in [0.29, 0.717) is 36.2 Å². The zero-order chi connectivity index (χ0) is 24.6. The number of sulfonamides is 1. The minimum Gasteiger partial charge on any atom is -0.497 e. The van der Waals surface area contributed by atoms with E-state index in [0.717, 1.165) is 50.3 Å². The maximum absolute atomic E-state index is 13.3. The van der Waals surface area contributed by atoms with Gasteiger partial charge in [0, 0.05) is 61.9 Å². The molecule has 2 fully saturated rings. The van der Waals surface area contributed by atoms with E-state index in [1.54, 1.807) is 18.1 Å². The Kier molecular flexibility index (Phi) is 7.07. The molecule has 2 aromatic carbocycles. The summed E-state index contributed by atoms with van der Waals surface area (Å²) in [6.45, 7) is 5.00. The van der Waals surface area contributed by atoms with Gasteiger partial charge in [0.25, 0.3) is 0 Å². The highest BCUT2D eigenvalue weighted by Crippen LogP contribution is 2.41. The lowest BCUT2D eigenvalue weighted by Crippen LogP contribution is -2.48. The van der Waals surface area contributed by atoms with Gasteiger partial charge in [0.2, 0.25) is 15.9 Å². The third-order valence-corrected chi connectivity index (χ3v) is 8.94. The number of hydrogen-bond donors (Lipinski definition) is 1. The number of piperazine rings is 1. The number of rotatable bonds is 8. The standard InChI is InChI=1S/C25H31BrN4O4S/c1-34-22-6-4-21(5-7-22)29-14-12-28(13-15-29)11-9-27-35(32,33)23-17-20(26)16-19-8-10-30(24(19)23)25(31)18-2-3-18/h4-7,16-18,27H,2-3,8-15H2,1H3. The summed E-state index contributed by atoms with van der Waals surface area (Å²) >= 11 is 3.45. The molecule has 0 unspecified atom stereocenters. The number of fused-ring (bicyclic) bond motifs is 1. The number of amides is 1. The van der Waals surface area contributed by atoms with Crippen LogP contribution in [0.4, 0.5) is 11.4 Å². The highest BCUT2D eigenvalue weighted by atomic mass is 79.9. The lowest BCUT2D eigenvalue weighted by molar-refractivity contribution is -0.119. The van der Waals surface area contributed by atoms with E-state index in [9.17, 15) is 13.2 Å². The molecular weight excluding hydrogens is 532 g/mol. The third-order valence-electron chi connectivity index (χ3n) is 7.01. The Hall–Kier alpha value is -2.14. The first-order chi connectivity index (χ1) is 16.9. The van der Waals surface area contributed by atoms with Crippen LogP contribution in [0.1, 0.15) is 18.4 Å². The summed E-state index contributed by atoms with van der Waals surface area (Å²) in [4.78, 5) is 19.3. The van der Waals surface area contributed by atoms with Gasteiger partial charge in [-0.25, -0.2) is 13.1 Å². The smallest absolute Gasteiger partial charge is 0.242 e. The number of methoxy groups -OCH3 is 1. The molecule has 0 atom stereocenters. The van der Waals surface area contributed by atoms with Crippen LogP contribution in [0.5, 0.6) is 5.75 Å². The minimum atomic E-state index is -3.76. The second-order valence-corrected chi connectivity index (χ2v) is 12.0. The van der Waals surface area contributed by atoms with Crippen LogP contribution in [0, 0.1) is 5.92 Å². The maximum atomic E-state index is 13.3. The van der Waals surface area contributed by atoms with Crippen molar-refractivity contribution in [1.82, 2.24) is 9.62 Å². The molecule has 1 amide bonds. The fourth-order valence-corrected chi connectivity index (χ4v) is 6.83. The summed E-state index contributed by atoms with van der Waals surface area (Å²) < 4.78 is 35.4. The number of nitrogens with one attached hydrogen (secondary N) is 1. The first kappa shape index (κ1) is 24.5. The predicted molar refractivity (Wildman–Crippen MR) is 140 cm³/mol. The number of carbonyl (C=O) groups excluding carboxylic acids is 1. The largest absolute Gasteiger partial charge is 0.497 e. The Balaban J connectivity index is 1.19. The summed E-state index contributed by atoms with van der Waals surface area (Å²) in [5, 5.41) is 0. The first-order valence-electron chi connectivity index (χ1n) is 12.1. The van der Waals surface area contributed by atoms with Crippen molar-refractivity contribution in [2.24, 2.45) is 5.92 Å². The molecule has 1 N–H and O–H groups in total. The fraction of sp³-hybridized carbons (Fsp3) is 0.480. The van der Waals surface area contributed by atoms with Gasteiger partial charge in [-0.3, -0.25) is 9.69 Å². The van der Waals surface area contributed by atoms with Gasteiger partial charge in [-0.2, -0.15) is 0 Å². The van der Waals surface area contributed by atoms with E-state index in [4.69, 9.17) is 4.74 Å². The van der Waals surface area contributed by atoms with Gasteiger partial charge < -0.3 is 14.5 Å². The molecular formula is C25H31BrN4O4S. The van der Waals surface area contributed by atoms with E-state index in [1.165, 1.54) is 5.69 Å². The number of anilines is 2. The summed E-state index contributed by atoms with van der Waals surface area (Å²) in [5.41, 5.74) is 2.63. The Labute approximate surface area is 215 Å². The summed E-state index contributed by atoms with van der Waals surface area (Å²) in [7, 11) is -2.10. The molecule has 0 aromatic heterocycles. The highest BCUT2D eigenvalue weighted by Gasteiger charge is 2.39. The van der Waals surface area contributed by atoms with Gasteiger partial charge in [-0.1, -0.05) is 15.9 Å². The van der Waals surface area contributed by atoms with Gasteiger partial charge in [0.15, 0.2) is 0 Å².